The van der Waals surface area contributed by atoms with Crippen LogP contribution >= 0.6 is 15.9 Å². The van der Waals surface area contributed by atoms with Gasteiger partial charge in [0, 0.05) is 18.1 Å². The van der Waals surface area contributed by atoms with Gasteiger partial charge in [-0.25, -0.2) is 0 Å². The van der Waals surface area contributed by atoms with Crippen LogP contribution in [0.15, 0.2) is 77.3 Å². The number of para-hydroxylation sites is 1. The maximum Gasteiger partial charge on any atom is 0.261 e. The van der Waals surface area contributed by atoms with Crippen LogP contribution in [0.2, 0.25) is 0 Å². The van der Waals surface area contributed by atoms with Gasteiger partial charge in [-0.15, -0.1) is 0 Å². The topological polar surface area (TPSA) is 58.6 Å². The molecule has 32 heavy (non-hydrogen) atoms. The normalized spacial score (nSPS) is 10.5. The highest BCUT2D eigenvalue weighted by molar-refractivity contribution is 9.10. The average Bonchev–Trinajstić information content (AvgIpc) is 2.83. The Morgan fingerprint density at radius 1 is 0.969 bits per heavy atom. The zero-order valence-corrected chi connectivity index (χ0v) is 19.9. The van der Waals surface area contributed by atoms with Crippen molar-refractivity contribution in [2.75, 3.05) is 18.6 Å². The van der Waals surface area contributed by atoms with E-state index in [0.29, 0.717) is 35.7 Å². The molecule has 0 aliphatic heterocycles. The molecular formula is C26H27BrN2O3. The number of halogens is 1. The first-order valence-electron chi connectivity index (χ1n) is 10.6. The monoisotopic (exact) mass is 494 g/mol. The van der Waals surface area contributed by atoms with Crippen molar-refractivity contribution < 1.29 is 14.3 Å². The Morgan fingerprint density at radius 3 is 2.44 bits per heavy atom. The standard InChI is InChI=1S/C26H27BrN2O3/c1-3-4-16-32-24-15-14-20(27)17-22(24)26(31)29(2)23-13-9-8-12-21(23)25(30)28-18-19-10-6-5-7-11-19/h5-15,17H,3-4,16,18H2,1-2H3,(H,28,30). The molecule has 3 rings (SSSR count). The highest BCUT2D eigenvalue weighted by atomic mass is 79.9. The van der Waals surface area contributed by atoms with Crippen molar-refractivity contribution in [3.63, 3.8) is 0 Å². The van der Waals surface area contributed by atoms with Gasteiger partial charge in [-0.2, -0.15) is 0 Å². The summed E-state index contributed by atoms with van der Waals surface area (Å²) < 4.78 is 6.64. The van der Waals surface area contributed by atoms with Crippen LogP contribution in [0.1, 0.15) is 46.0 Å². The van der Waals surface area contributed by atoms with E-state index in [-0.39, 0.29) is 11.8 Å². The average molecular weight is 495 g/mol. The van der Waals surface area contributed by atoms with E-state index in [4.69, 9.17) is 4.74 Å². The quantitative estimate of drug-likeness (QED) is 0.380. The van der Waals surface area contributed by atoms with Gasteiger partial charge in [0.15, 0.2) is 0 Å². The lowest BCUT2D eigenvalue weighted by Crippen LogP contribution is -2.31. The van der Waals surface area contributed by atoms with Crippen LogP contribution < -0.4 is 15.0 Å². The number of carbonyl (C=O) groups excluding carboxylic acids is 2. The van der Waals surface area contributed by atoms with Gasteiger partial charge in [-0.05, 0) is 42.3 Å². The molecule has 0 unspecified atom stereocenters. The van der Waals surface area contributed by atoms with Gasteiger partial charge in [0.25, 0.3) is 11.8 Å². The molecule has 0 saturated carbocycles. The maximum absolute atomic E-state index is 13.4. The highest BCUT2D eigenvalue weighted by Crippen LogP contribution is 2.28. The van der Waals surface area contributed by atoms with Crippen molar-refractivity contribution in [2.45, 2.75) is 26.3 Å². The number of nitrogens with zero attached hydrogens (tertiary/aromatic N) is 1. The number of nitrogens with one attached hydrogen (secondary N) is 1. The molecule has 0 fully saturated rings. The highest BCUT2D eigenvalue weighted by Gasteiger charge is 2.22. The Hall–Kier alpha value is -3.12. The number of amides is 2. The molecule has 0 radical (unpaired) electrons. The second-order valence-electron chi connectivity index (χ2n) is 7.39. The summed E-state index contributed by atoms with van der Waals surface area (Å²) in [6.45, 7) is 3.04. The number of hydrogen-bond acceptors (Lipinski definition) is 3. The lowest BCUT2D eigenvalue weighted by atomic mass is 10.1. The van der Waals surface area contributed by atoms with Gasteiger partial charge >= 0.3 is 0 Å². The van der Waals surface area contributed by atoms with Gasteiger partial charge in [0.1, 0.15) is 5.75 Å². The Kier molecular flexibility index (Phi) is 8.45. The van der Waals surface area contributed by atoms with Crippen LogP contribution in [0.5, 0.6) is 5.75 Å². The summed E-state index contributed by atoms with van der Waals surface area (Å²) in [6, 6.07) is 22.2. The zero-order chi connectivity index (χ0) is 22.9. The minimum Gasteiger partial charge on any atom is -0.493 e. The van der Waals surface area contributed by atoms with Crippen molar-refractivity contribution in [1.29, 1.82) is 0 Å². The summed E-state index contributed by atoms with van der Waals surface area (Å²) >= 11 is 3.44. The molecule has 2 amide bonds. The van der Waals surface area contributed by atoms with E-state index in [9.17, 15) is 9.59 Å². The van der Waals surface area contributed by atoms with Gasteiger partial charge in [-0.1, -0.05) is 71.7 Å². The molecule has 0 heterocycles. The third kappa shape index (κ3) is 5.98. The first kappa shape index (κ1) is 23.5. The second-order valence-corrected chi connectivity index (χ2v) is 8.31. The number of ether oxygens (including phenoxy) is 1. The lowest BCUT2D eigenvalue weighted by Gasteiger charge is -2.22. The molecule has 3 aromatic carbocycles. The fraction of sp³-hybridized carbons (Fsp3) is 0.231. The summed E-state index contributed by atoms with van der Waals surface area (Å²) in [5.41, 5.74) is 2.41. The van der Waals surface area contributed by atoms with Crippen LogP contribution in [-0.4, -0.2) is 25.5 Å². The molecular weight excluding hydrogens is 468 g/mol. The molecule has 0 aliphatic rings. The third-order valence-corrected chi connectivity index (χ3v) is 5.53. The Balaban J connectivity index is 1.82. The number of hydrogen-bond donors (Lipinski definition) is 1. The van der Waals surface area contributed by atoms with Crippen molar-refractivity contribution in [2.24, 2.45) is 0 Å². The minimum atomic E-state index is -0.249. The number of rotatable bonds is 9. The van der Waals surface area contributed by atoms with Crippen molar-refractivity contribution >= 4 is 33.4 Å². The smallest absolute Gasteiger partial charge is 0.261 e. The molecule has 0 aliphatic carbocycles. The van der Waals surface area contributed by atoms with Crippen LogP contribution in [0.4, 0.5) is 5.69 Å². The third-order valence-electron chi connectivity index (χ3n) is 5.04. The Bertz CT molecular complexity index is 1070. The van der Waals surface area contributed by atoms with Gasteiger partial charge in [0.05, 0.1) is 23.4 Å². The molecule has 3 aromatic rings. The molecule has 0 spiro atoms. The zero-order valence-electron chi connectivity index (χ0n) is 18.3. The first-order valence-corrected chi connectivity index (χ1v) is 11.4. The molecule has 166 valence electrons. The molecule has 0 saturated heterocycles. The van der Waals surface area contributed by atoms with Crippen molar-refractivity contribution in [1.82, 2.24) is 5.32 Å². The number of unbranched alkanes of at least 4 members (excludes halogenated alkanes) is 1. The van der Waals surface area contributed by atoms with Crippen molar-refractivity contribution in [3.8, 4) is 5.75 Å². The van der Waals surface area contributed by atoms with E-state index >= 15 is 0 Å². The molecule has 0 atom stereocenters. The van der Waals surface area contributed by atoms with E-state index < -0.39 is 0 Å². The van der Waals surface area contributed by atoms with Crippen LogP contribution in [0.3, 0.4) is 0 Å². The maximum atomic E-state index is 13.4. The summed E-state index contributed by atoms with van der Waals surface area (Å²) in [5, 5.41) is 2.93. The molecule has 0 aromatic heterocycles. The van der Waals surface area contributed by atoms with E-state index in [2.05, 4.69) is 28.2 Å². The summed E-state index contributed by atoms with van der Waals surface area (Å²) in [4.78, 5) is 27.8. The van der Waals surface area contributed by atoms with E-state index in [0.717, 1.165) is 22.9 Å². The van der Waals surface area contributed by atoms with Gasteiger partial charge in [0.2, 0.25) is 0 Å². The predicted molar refractivity (Wildman–Crippen MR) is 131 cm³/mol. The summed E-state index contributed by atoms with van der Waals surface area (Å²) in [7, 11) is 1.67. The minimum absolute atomic E-state index is 0.238. The Labute approximate surface area is 197 Å². The second kappa shape index (κ2) is 11.5. The van der Waals surface area contributed by atoms with E-state index in [1.54, 1.807) is 37.4 Å². The lowest BCUT2D eigenvalue weighted by molar-refractivity contribution is 0.0951. The van der Waals surface area contributed by atoms with Crippen LogP contribution in [-0.2, 0) is 6.54 Å². The van der Waals surface area contributed by atoms with Crippen LogP contribution in [0, 0.1) is 0 Å². The first-order chi connectivity index (χ1) is 15.5. The van der Waals surface area contributed by atoms with Crippen LogP contribution in [0.25, 0.3) is 0 Å². The fourth-order valence-electron chi connectivity index (χ4n) is 3.24. The molecule has 0 bridgehead atoms. The van der Waals surface area contributed by atoms with Gasteiger partial charge in [-0.3, -0.25) is 9.59 Å². The molecule has 1 N–H and O–H groups in total. The number of benzene rings is 3. The van der Waals surface area contributed by atoms with Gasteiger partial charge < -0.3 is 15.0 Å². The molecule has 5 nitrogen and oxygen atoms in total. The SMILES string of the molecule is CCCCOc1ccc(Br)cc1C(=O)N(C)c1ccccc1C(=O)NCc1ccccc1. The van der Waals surface area contributed by atoms with Crippen molar-refractivity contribution in [3.05, 3.63) is 94.0 Å². The molecule has 6 heteroatoms. The fourth-order valence-corrected chi connectivity index (χ4v) is 3.60. The number of carbonyl (C=O) groups is 2. The van der Waals surface area contributed by atoms with E-state index in [1.807, 2.05) is 42.5 Å². The number of anilines is 1. The summed E-state index contributed by atoms with van der Waals surface area (Å²) in [5.74, 6) is 0.0448. The largest absolute Gasteiger partial charge is 0.493 e. The predicted octanol–water partition coefficient (Wildman–Crippen LogP) is 5.83. The van der Waals surface area contributed by atoms with E-state index in [1.165, 1.54) is 4.90 Å². The Morgan fingerprint density at radius 2 is 1.69 bits per heavy atom. The summed E-state index contributed by atoms with van der Waals surface area (Å²) in [6.07, 6.45) is 1.91.